The van der Waals surface area contributed by atoms with E-state index in [1.54, 1.807) is 0 Å². The van der Waals surface area contributed by atoms with Crippen molar-refractivity contribution in [2.24, 2.45) is 5.92 Å². The Labute approximate surface area is 122 Å². The van der Waals surface area contributed by atoms with E-state index in [2.05, 4.69) is 42.3 Å². The molecule has 1 saturated carbocycles. The van der Waals surface area contributed by atoms with Crippen LogP contribution in [-0.2, 0) is 0 Å². The number of halogens is 1. The summed E-state index contributed by atoms with van der Waals surface area (Å²) in [5.41, 5.74) is 2.45. The Morgan fingerprint density at radius 2 is 2.16 bits per heavy atom. The minimum Gasteiger partial charge on any atom is -0.371 e. The van der Waals surface area contributed by atoms with Gasteiger partial charge in [0.15, 0.2) is 0 Å². The molecule has 1 fully saturated rings. The molecule has 1 aliphatic carbocycles. The normalized spacial score (nSPS) is 16.4. The van der Waals surface area contributed by atoms with E-state index < -0.39 is 0 Å². The molecule has 1 aliphatic rings. The van der Waals surface area contributed by atoms with Crippen LogP contribution in [-0.4, -0.2) is 20.1 Å². The molecule has 0 spiro atoms. The van der Waals surface area contributed by atoms with Crippen molar-refractivity contribution in [3.05, 3.63) is 28.8 Å². The first-order chi connectivity index (χ1) is 9.15. The molecule has 0 amide bonds. The van der Waals surface area contributed by atoms with Gasteiger partial charge < -0.3 is 10.2 Å². The monoisotopic (exact) mass is 280 g/mol. The van der Waals surface area contributed by atoms with E-state index in [0.29, 0.717) is 6.04 Å². The summed E-state index contributed by atoms with van der Waals surface area (Å²) in [5.74, 6) is 0.904. The average Bonchev–Trinajstić information content (AvgIpc) is 3.21. The van der Waals surface area contributed by atoms with Crippen molar-refractivity contribution >= 4 is 17.3 Å². The first-order valence-electron chi connectivity index (χ1n) is 7.37. The zero-order valence-electron chi connectivity index (χ0n) is 12.2. The third kappa shape index (κ3) is 3.87. The van der Waals surface area contributed by atoms with E-state index in [1.807, 2.05) is 7.05 Å². The average molecular weight is 281 g/mol. The van der Waals surface area contributed by atoms with Crippen molar-refractivity contribution in [3.8, 4) is 0 Å². The van der Waals surface area contributed by atoms with Gasteiger partial charge in [0, 0.05) is 29.8 Å². The fourth-order valence-electron chi connectivity index (χ4n) is 2.43. The fraction of sp³-hybridized carbons (Fsp3) is 0.625. The van der Waals surface area contributed by atoms with Crippen molar-refractivity contribution < 1.29 is 0 Å². The molecule has 3 heteroatoms. The predicted molar refractivity (Wildman–Crippen MR) is 84.2 cm³/mol. The number of hydrogen-bond donors (Lipinski definition) is 1. The van der Waals surface area contributed by atoms with Crippen LogP contribution in [0.4, 0.5) is 5.69 Å². The van der Waals surface area contributed by atoms with E-state index in [0.717, 1.165) is 17.5 Å². The predicted octanol–water partition coefficient (Wildman–Crippen LogP) is 4.25. The summed E-state index contributed by atoms with van der Waals surface area (Å²) >= 11 is 6.43. The second-order valence-corrected chi connectivity index (χ2v) is 6.01. The summed E-state index contributed by atoms with van der Waals surface area (Å²) in [5, 5.41) is 4.11. The van der Waals surface area contributed by atoms with E-state index in [-0.39, 0.29) is 0 Å². The van der Waals surface area contributed by atoms with Gasteiger partial charge in [-0.1, -0.05) is 24.6 Å². The quantitative estimate of drug-likeness (QED) is 0.803. The molecular weight excluding hydrogens is 256 g/mol. The molecule has 0 saturated heterocycles. The summed E-state index contributed by atoms with van der Waals surface area (Å²) in [6, 6.07) is 6.80. The zero-order valence-corrected chi connectivity index (χ0v) is 13.0. The molecular formula is C16H25ClN2. The molecule has 0 radical (unpaired) electrons. The van der Waals surface area contributed by atoms with Crippen LogP contribution in [0.3, 0.4) is 0 Å². The molecule has 19 heavy (non-hydrogen) atoms. The molecule has 1 atom stereocenters. The fourth-order valence-corrected chi connectivity index (χ4v) is 2.77. The lowest BCUT2D eigenvalue weighted by atomic mass is 10.1. The number of anilines is 1. The van der Waals surface area contributed by atoms with Crippen LogP contribution in [0.25, 0.3) is 0 Å². The van der Waals surface area contributed by atoms with Crippen molar-refractivity contribution in [1.82, 2.24) is 5.32 Å². The van der Waals surface area contributed by atoms with Crippen LogP contribution in [0.5, 0.6) is 0 Å². The van der Waals surface area contributed by atoms with Crippen molar-refractivity contribution in [2.45, 2.75) is 39.2 Å². The van der Waals surface area contributed by atoms with Crippen LogP contribution >= 0.6 is 11.6 Å². The largest absolute Gasteiger partial charge is 0.371 e. The Morgan fingerprint density at radius 3 is 2.68 bits per heavy atom. The van der Waals surface area contributed by atoms with E-state index in [1.165, 1.54) is 37.1 Å². The maximum Gasteiger partial charge on any atom is 0.0474 e. The van der Waals surface area contributed by atoms with Gasteiger partial charge in [0.25, 0.3) is 0 Å². The third-order valence-corrected chi connectivity index (χ3v) is 4.25. The Morgan fingerprint density at radius 1 is 1.42 bits per heavy atom. The molecule has 1 N–H and O–H groups in total. The molecule has 0 aromatic heterocycles. The smallest absolute Gasteiger partial charge is 0.0474 e. The van der Waals surface area contributed by atoms with Gasteiger partial charge in [-0.15, -0.1) is 0 Å². The van der Waals surface area contributed by atoms with E-state index in [9.17, 15) is 0 Å². The first kappa shape index (κ1) is 14.7. The molecule has 0 bridgehead atoms. The van der Waals surface area contributed by atoms with Gasteiger partial charge in [-0.05, 0) is 56.8 Å². The number of nitrogens with zero attached hydrogens (tertiary/aromatic N) is 1. The standard InChI is InChI=1S/C16H25ClN2/c1-4-9-19(11-13-5-6-13)14-7-8-15(12(2)18-3)16(17)10-14/h7-8,10,12-13,18H,4-6,9,11H2,1-3H3. The lowest BCUT2D eigenvalue weighted by molar-refractivity contribution is 0.652. The number of benzene rings is 1. The first-order valence-corrected chi connectivity index (χ1v) is 7.75. The molecule has 0 aliphatic heterocycles. The minimum absolute atomic E-state index is 0.296. The SMILES string of the molecule is CCCN(CC1CC1)c1ccc(C(C)NC)c(Cl)c1. The summed E-state index contributed by atoms with van der Waals surface area (Å²) < 4.78 is 0. The van der Waals surface area contributed by atoms with Gasteiger partial charge in [0.1, 0.15) is 0 Å². The molecule has 0 heterocycles. The summed E-state index contributed by atoms with van der Waals surface area (Å²) in [6.45, 7) is 6.67. The van der Waals surface area contributed by atoms with E-state index in [4.69, 9.17) is 11.6 Å². The summed E-state index contributed by atoms with van der Waals surface area (Å²) in [4.78, 5) is 2.48. The lowest BCUT2D eigenvalue weighted by Crippen LogP contribution is -2.26. The number of rotatable bonds is 7. The third-order valence-electron chi connectivity index (χ3n) is 3.92. The summed E-state index contributed by atoms with van der Waals surface area (Å²) in [7, 11) is 1.96. The van der Waals surface area contributed by atoms with Gasteiger partial charge in [-0.2, -0.15) is 0 Å². The minimum atomic E-state index is 0.296. The molecule has 1 aromatic rings. The highest BCUT2D eigenvalue weighted by molar-refractivity contribution is 6.31. The maximum atomic E-state index is 6.43. The lowest BCUT2D eigenvalue weighted by Gasteiger charge is -2.25. The second kappa shape index (κ2) is 6.62. The summed E-state index contributed by atoms with van der Waals surface area (Å²) in [6.07, 6.45) is 3.96. The molecule has 1 aromatic carbocycles. The Hall–Kier alpha value is -0.730. The Balaban J connectivity index is 2.15. The second-order valence-electron chi connectivity index (χ2n) is 5.61. The van der Waals surface area contributed by atoms with Gasteiger partial charge in [-0.3, -0.25) is 0 Å². The van der Waals surface area contributed by atoms with E-state index >= 15 is 0 Å². The van der Waals surface area contributed by atoms with Gasteiger partial charge >= 0.3 is 0 Å². The van der Waals surface area contributed by atoms with Crippen LogP contribution < -0.4 is 10.2 Å². The van der Waals surface area contributed by atoms with Gasteiger partial charge in [0.05, 0.1) is 0 Å². The van der Waals surface area contributed by atoms with Crippen molar-refractivity contribution in [1.29, 1.82) is 0 Å². The number of nitrogens with one attached hydrogen (secondary N) is 1. The molecule has 106 valence electrons. The number of hydrogen-bond acceptors (Lipinski definition) is 2. The van der Waals surface area contributed by atoms with Gasteiger partial charge in [0.2, 0.25) is 0 Å². The Bertz CT molecular complexity index is 415. The molecule has 2 nitrogen and oxygen atoms in total. The highest BCUT2D eigenvalue weighted by Crippen LogP contribution is 2.33. The van der Waals surface area contributed by atoms with Crippen LogP contribution in [0.2, 0.25) is 5.02 Å². The highest BCUT2D eigenvalue weighted by Gasteiger charge is 2.24. The van der Waals surface area contributed by atoms with Crippen LogP contribution in [0, 0.1) is 5.92 Å². The highest BCUT2D eigenvalue weighted by atomic mass is 35.5. The van der Waals surface area contributed by atoms with Crippen LogP contribution in [0.15, 0.2) is 18.2 Å². The maximum absolute atomic E-state index is 6.43. The molecule has 2 rings (SSSR count). The zero-order chi connectivity index (χ0) is 13.8. The van der Waals surface area contributed by atoms with Crippen LogP contribution in [0.1, 0.15) is 44.7 Å². The van der Waals surface area contributed by atoms with Crippen molar-refractivity contribution in [2.75, 3.05) is 25.0 Å². The topological polar surface area (TPSA) is 15.3 Å². The van der Waals surface area contributed by atoms with Gasteiger partial charge in [-0.25, -0.2) is 0 Å². The Kier molecular flexibility index (Phi) is 5.12. The van der Waals surface area contributed by atoms with Crippen molar-refractivity contribution in [3.63, 3.8) is 0 Å². The molecule has 1 unspecified atom stereocenters.